The number of amides is 2. The van der Waals surface area contributed by atoms with Gasteiger partial charge in [0.15, 0.2) is 0 Å². The van der Waals surface area contributed by atoms with E-state index in [-0.39, 0.29) is 5.75 Å². The van der Waals surface area contributed by atoms with E-state index in [1.54, 1.807) is 25.1 Å². The summed E-state index contributed by atoms with van der Waals surface area (Å²) in [5.74, 6) is -1.31. The zero-order valence-electron chi connectivity index (χ0n) is 15.6. The summed E-state index contributed by atoms with van der Waals surface area (Å²) in [5.41, 5.74) is 2.81. The number of nitrogens with one attached hydrogen (secondary N) is 2. The normalized spacial score (nSPS) is 15.2. The standard InChI is InChI=1S/C20H23N3O4S/c1-15-14-17(23-12-5-13-28(23,26)27)8-9-18(15)22-20(25)19(24)21-11-10-16-6-3-2-4-7-16/h2-4,6-9,14H,5,10-13H2,1H3,(H,21,24)(H,22,25). The summed E-state index contributed by atoms with van der Waals surface area (Å²) in [6, 6.07) is 14.6. The van der Waals surface area contributed by atoms with Crippen molar-refractivity contribution < 1.29 is 18.0 Å². The zero-order chi connectivity index (χ0) is 20.1. The molecule has 7 nitrogen and oxygen atoms in total. The van der Waals surface area contributed by atoms with Gasteiger partial charge < -0.3 is 10.6 Å². The summed E-state index contributed by atoms with van der Waals surface area (Å²) in [5, 5.41) is 5.18. The van der Waals surface area contributed by atoms with E-state index < -0.39 is 21.8 Å². The van der Waals surface area contributed by atoms with E-state index in [0.717, 1.165) is 5.56 Å². The van der Waals surface area contributed by atoms with Crippen LogP contribution in [-0.2, 0) is 26.0 Å². The second-order valence-electron chi connectivity index (χ2n) is 6.69. The molecule has 2 aromatic carbocycles. The van der Waals surface area contributed by atoms with E-state index in [1.807, 2.05) is 30.3 Å². The van der Waals surface area contributed by atoms with Gasteiger partial charge in [-0.15, -0.1) is 0 Å². The van der Waals surface area contributed by atoms with Crippen LogP contribution in [0.15, 0.2) is 48.5 Å². The number of hydrogen-bond donors (Lipinski definition) is 2. The average Bonchev–Trinajstić information content (AvgIpc) is 3.03. The minimum Gasteiger partial charge on any atom is -0.347 e. The van der Waals surface area contributed by atoms with Crippen molar-refractivity contribution in [3.63, 3.8) is 0 Å². The molecule has 1 fully saturated rings. The van der Waals surface area contributed by atoms with Crippen LogP contribution in [-0.4, -0.2) is 39.1 Å². The largest absolute Gasteiger partial charge is 0.347 e. The van der Waals surface area contributed by atoms with Gasteiger partial charge in [0.25, 0.3) is 0 Å². The molecule has 0 bridgehead atoms. The molecule has 2 aromatic rings. The highest BCUT2D eigenvalue weighted by atomic mass is 32.2. The van der Waals surface area contributed by atoms with Crippen molar-refractivity contribution in [3.8, 4) is 0 Å². The van der Waals surface area contributed by atoms with Crippen LogP contribution in [0.2, 0.25) is 0 Å². The van der Waals surface area contributed by atoms with Crippen molar-refractivity contribution >= 4 is 33.2 Å². The monoisotopic (exact) mass is 401 g/mol. The third kappa shape index (κ3) is 4.69. The van der Waals surface area contributed by atoms with Crippen molar-refractivity contribution in [3.05, 3.63) is 59.7 Å². The fraction of sp³-hybridized carbons (Fsp3) is 0.300. The van der Waals surface area contributed by atoms with Crippen molar-refractivity contribution in [2.24, 2.45) is 0 Å². The predicted molar refractivity (Wildman–Crippen MR) is 109 cm³/mol. The van der Waals surface area contributed by atoms with Crippen LogP contribution in [0, 0.1) is 6.92 Å². The Balaban J connectivity index is 1.57. The minimum atomic E-state index is -3.26. The van der Waals surface area contributed by atoms with Gasteiger partial charge in [-0.2, -0.15) is 0 Å². The van der Waals surface area contributed by atoms with Crippen LogP contribution in [0.1, 0.15) is 17.5 Å². The average molecular weight is 401 g/mol. The number of carbonyl (C=O) groups excluding carboxylic acids is 2. The smallest absolute Gasteiger partial charge is 0.313 e. The van der Waals surface area contributed by atoms with Crippen molar-refractivity contribution in [2.75, 3.05) is 28.5 Å². The van der Waals surface area contributed by atoms with Gasteiger partial charge in [0.1, 0.15) is 0 Å². The molecule has 1 saturated heterocycles. The van der Waals surface area contributed by atoms with E-state index in [2.05, 4.69) is 10.6 Å². The number of benzene rings is 2. The summed E-state index contributed by atoms with van der Waals surface area (Å²) >= 11 is 0. The Labute approximate surface area is 164 Å². The number of aryl methyl sites for hydroxylation is 1. The van der Waals surface area contributed by atoms with E-state index in [0.29, 0.717) is 42.9 Å². The number of nitrogens with zero attached hydrogens (tertiary/aromatic N) is 1. The lowest BCUT2D eigenvalue weighted by Gasteiger charge is -2.18. The third-order valence-corrected chi connectivity index (χ3v) is 6.46. The van der Waals surface area contributed by atoms with Crippen LogP contribution in [0.4, 0.5) is 11.4 Å². The van der Waals surface area contributed by atoms with Gasteiger partial charge in [0, 0.05) is 18.8 Å². The molecule has 2 N–H and O–H groups in total. The lowest BCUT2D eigenvalue weighted by atomic mass is 10.1. The lowest BCUT2D eigenvalue weighted by Crippen LogP contribution is -2.36. The molecule has 0 aromatic heterocycles. The molecule has 0 radical (unpaired) electrons. The molecular formula is C20H23N3O4S. The fourth-order valence-corrected chi connectivity index (χ4v) is 4.65. The highest BCUT2D eigenvalue weighted by molar-refractivity contribution is 7.93. The molecule has 8 heteroatoms. The SMILES string of the molecule is Cc1cc(N2CCCS2(=O)=O)ccc1NC(=O)C(=O)NCCc1ccccc1. The fourth-order valence-electron chi connectivity index (χ4n) is 3.10. The Kier molecular flexibility index (Phi) is 5.99. The van der Waals surface area contributed by atoms with Gasteiger partial charge in [0.2, 0.25) is 10.0 Å². The van der Waals surface area contributed by atoms with Gasteiger partial charge >= 0.3 is 11.8 Å². The summed E-state index contributed by atoms with van der Waals surface area (Å²) < 4.78 is 25.4. The maximum atomic E-state index is 12.1. The van der Waals surface area contributed by atoms with Crippen LogP contribution in [0.3, 0.4) is 0 Å². The molecule has 0 atom stereocenters. The molecule has 2 amide bonds. The lowest BCUT2D eigenvalue weighted by molar-refractivity contribution is -0.136. The van der Waals surface area contributed by atoms with Gasteiger partial charge in [-0.1, -0.05) is 30.3 Å². The quantitative estimate of drug-likeness (QED) is 0.747. The summed E-state index contributed by atoms with van der Waals surface area (Å²) in [6.45, 7) is 2.58. The van der Waals surface area contributed by atoms with Gasteiger partial charge in [-0.05, 0) is 49.1 Å². The molecule has 0 saturated carbocycles. The Morgan fingerprint density at radius 2 is 1.82 bits per heavy atom. The molecule has 0 spiro atoms. The van der Waals surface area contributed by atoms with Gasteiger partial charge in [0.05, 0.1) is 11.4 Å². The molecule has 0 aliphatic carbocycles. The molecule has 148 valence electrons. The molecular weight excluding hydrogens is 378 g/mol. The highest BCUT2D eigenvalue weighted by Crippen LogP contribution is 2.27. The molecule has 1 heterocycles. The van der Waals surface area contributed by atoms with Crippen molar-refractivity contribution in [1.29, 1.82) is 0 Å². The minimum absolute atomic E-state index is 0.147. The van der Waals surface area contributed by atoms with Crippen LogP contribution >= 0.6 is 0 Å². The maximum Gasteiger partial charge on any atom is 0.313 e. The summed E-state index contributed by atoms with van der Waals surface area (Å²) in [7, 11) is -3.26. The van der Waals surface area contributed by atoms with E-state index in [9.17, 15) is 18.0 Å². The summed E-state index contributed by atoms with van der Waals surface area (Å²) in [6.07, 6.45) is 1.24. The first-order chi connectivity index (χ1) is 13.4. The van der Waals surface area contributed by atoms with E-state index in [4.69, 9.17) is 0 Å². The third-order valence-electron chi connectivity index (χ3n) is 4.59. The maximum absolute atomic E-state index is 12.1. The highest BCUT2D eigenvalue weighted by Gasteiger charge is 2.28. The number of carbonyl (C=O) groups is 2. The van der Waals surface area contributed by atoms with E-state index >= 15 is 0 Å². The van der Waals surface area contributed by atoms with Crippen LogP contribution < -0.4 is 14.9 Å². The first-order valence-electron chi connectivity index (χ1n) is 9.11. The predicted octanol–water partition coefficient (Wildman–Crippen LogP) is 1.83. The molecule has 3 rings (SSSR count). The second kappa shape index (κ2) is 8.43. The second-order valence-corrected chi connectivity index (χ2v) is 8.70. The van der Waals surface area contributed by atoms with E-state index in [1.165, 1.54) is 4.31 Å². The number of rotatable bonds is 5. The number of hydrogen-bond acceptors (Lipinski definition) is 4. The van der Waals surface area contributed by atoms with Gasteiger partial charge in [-0.25, -0.2) is 8.42 Å². The van der Waals surface area contributed by atoms with Crippen LogP contribution in [0.25, 0.3) is 0 Å². The first-order valence-corrected chi connectivity index (χ1v) is 10.7. The number of sulfonamides is 1. The summed E-state index contributed by atoms with van der Waals surface area (Å²) in [4.78, 5) is 24.1. The van der Waals surface area contributed by atoms with Gasteiger partial charge in [-0.3, -0.25) is 13.9 Å². The molecule has 1 aliphatic rings. The Morgan fingerprint density at radius 3 is 2.46 bits per heavy atom. The van der Waals surface area contributed by atoms with Crippen LogP contribution in [0.5, 0.6) is 0 Å². The topological polar surface area (TPSA) is 95.6 Å². The molecule has 1 aliphatic heterocycles. The Morgan fingerprint density at radius 1 is 1.07 bits per heavy atom. The first kappa shape index (κ1) is 19.9. The van der Waals surface area contributed by atoms with Crippen molar-refractivity contribution in [2.45, 2.75) is 19.8 Å². The molecule has 28 heavy (non-hydrogen) atoms. The number of anilines is 2. The molecule has 0 unspecified atom stereocenters. The van der Waals surface area contributed by atoms with Crippen molar-refractivity contribution in [1.82, 2.24) is 5.32 Å². The zero-order valence-corrected chi connectivity index (χ0v) is 16.5. The Hall–Kier alpha value is -2.87. The Bertz CT molecular complexity index is 974.